The van der Waals surface area contributed by atoms with E-state index in [2.05, 4.69) is 48.8 Å². The van der Waals surface area contributed by atoms with Crippen LogP contribution < -0.4 is 0 Å². The van der Waals surface area contributed by atoms with E-state index in [1.807, 2.05) is 24.3 Å². The molecule has 1 aliphatic carbocycles. The normalized spacial score (nSPS) is 19.7. The smallest absolute Gasteiger partial charge is 0.0406 e. The van der Waals surface area contributed by atoms with Gasteiger partial charge in [-0.3, -0.25) is 0 Å². The number of halogens is 1. The van der Waals surface area contributed by atoms with Crippen molar-refractivity contribution in [2.24, 2.45) is 5.92 Å². The second-order valence-corrected chi connectivity index (χ2v) is 7.40. The molecule has 25 heavy (non-hydrogen) atoms. The van der Waals surface area contributed by atoms with Crippen molar-refractivity contribution in [2.75, 3.05) is 0 Å². The van der Waals surface area contributed by atoms with Crippen LogP contribution in [0.2, 0.25) is 5.02 Å². The summed E-state index contributed by atoms with van der Waals surface area (Å²) >= 11 is 5.90. The van der Waals surface area contributed by atoms with Gasteiger partial charge in [0.15, 0.2) is 0 Å². The van der Waals surface area contributed by atoms with Crippen LogP contribution in [-0.2, 0) is 0 Å². The molecule has 0 nitrogen and oxygen atoms in total. The Morgan fingerprint density at radius 1 is 0.880 bits per heavy atom. The van der Waals surface area contributed by atoms with Gasteiger partial charge in [-0.05, 0) is 92.3 Å². The minimum Gasteiger partial charge on any atom is -0.103 e. The summed E-state index contributed by atoms with van der Waals surface area (Å²) in [7, 11) is 0. The monoisotopic (exact) mass is 348 g/mol. The average molecular weight is 349 g/mol. The van der Waals surface area contributed by atoms with Crippen molar-refractivity contribution in [1.82, 2.24) is 0 Å². The van der Waals surface area contributed by atoms with E-state index in [9.17, 15) is 0 Å². The van der Waals surface area contributed by atoms with Gasteiger partial charge in [0.2, 0.25) is 0 Å². The maximum atomic E-state index is 5.90. The fourth-order valence-electron chi connectivity index (χ4n) is 3.65. The maximum Gasteiger partial charge on any atom is 0.0406 e. The zero-order valence-corrected chi connectivity index (χ0v) is 15.4. The molecule has 0 spiro atoms. The lowest BCUT2D eigenvalue weighted by Gasteiger charge is -2.28. The van der Waals surface area contributed by atoms with Gasteiger partial charge in [0.1, 0.15) is 0 Å². The molecule has 0 amide bonds. The molecule has 1 saturated carbocycles. The summed E-state index contributed by atoms with van der Waals surface area (Å²) < 4.78 is 0. The highest BCUT2D eigenvalue weighted by atomic mass is 35.5. The Hall–Kier alpha value is -1.97. The summed E-state index contributed by atoms with van der Waals surface area (Å²) in [6.45, 7) is 3.84. The second kappa shape index (κ2) is 8.93. The minimum atomic E-state index is 0.721. The van der Waals surface area contributed by atoms with Crippen LogP contribution in [0.15, 0.2) is 61.2 Å². The molecule has 3 rings (SSSR count). The van der Waals surface area contributed by atoms with Crippen LogP contribution >= 0.6 is 11.6 Å². The third kappa shape index (κ3) is 5.25. The molecule has 0 saturated heterocycles. The number of benzene rings is 2. The van der Waals surface area contributed by atoms with E-state index in [0.717, 1.165) is 34.4 Å². The zero-order chi connectivity index (χ0) is 17.5. The first-order valence-electron chi connectivity index (χ1n) is 9.23. The van der Waals surface area contributed by atoms with Gasteiger partial charge in [0.05, 0.1) is 0 Å². The predicted molar refractivity (Wildman–Crippen MR) is 108 cm³/mol. The molecule has 0 radical (unpaired) electrons. The summed E-state index contributed by atoms with van der Waals surface area (Å²) in [5.74, 6) is 8.06. The second-order valence-electron chi connectivity index (χ2n) is 6.96. The van der Waals surface area contributed by atoms with Crippen molar-refractivity contribution in [1.29, 1.82) is 0 Å². The molecule has 0 heterocycles. The molecule has 0 atom stereocenters. The van der Waals surface area contributed by atoms with Crippen LogP contribution in [-0.4, -0.2) is 0 Å². The lowest BCUT2D eigenvalue weighted by molar-refractivity contribution is 0.312. The molecule has 0 aromatic heterocycles. The quantitative estimate of drug-likeness (QED) is 0.413. The first-order valence-corrected chi connectivity index (χ1v) is 9.61. The van der Waals surface area contributed by atoms with Gasteiger partial charge in [-0.2, -0.15) is 0 Å². The standard InChI is InChI=1S/C24H25Cl/c1-2-3-4-19-7-13-22(14-8-19)23-15-9-20(10-16-23)5-6-21-11-17-24(25)18-12-21/h2,9-12,15-19,22H,1,3-4,7-8,13-14H2/t19-,22-. The molecule has 0 aliphatic heterocycles. The van der Waals surface area contributed by atoms with Crippen LogP contribution in [0.5, 0.6) is 0 Å². The molecule has 2 aromatic rings. The van der Waals surface area contributed by atoms with Gasteiger partial charge in [-0.1, -0.05) is 41.7 Å². The average Bonchev–Trinajstić information content (AvgIpc) is 2.67. The fraction of sp³-hybridized carbons (Fsp3) is 0.333. The largest absolute Gasteiger partial charge is 0.103 e. The molecule has 1 aliphatic rings. The molecule has 0 bridgehead atoms. The molecule has 0 unspecified atom stereocenters. The summed E-state index contributed by atoms with van der Waals surface area (Å²) in [4.78, 5) is 0. The first kappa shape index (κ1) is 17.8. The van der Waals surface area contributed by atoms with Crippen LogP contribution in [0.1, 0.15) is 61.1 Å². The molecule has 1 fully saturated rings. The lowest BCUT2D eigenvalue weighted by atomic mass is 9.77. The van der Waals surface area contributed by atoms with E-state index in [4.69, 9.17) is 11.6 Å². The van der Waals surface area contributed by atoms with Crippen molar-refractivity contribution < 1.29 is 0 Å². The van der Waals surface area contributed by atoms with Crippen LogP contribution in [0.25, 0.3) is 0 Å². The molecular weight excluding hydrogens is 324 g/mol. The summed E-state index contributed by atoms with van der Waals surface area (Å²) in [5.41, 5.74) is 3.53. The van der Waals surface area contributed by atoms with Gasteiger partial charge in [0.25, 0.3) is 0 Å². The Kier molecular flexibility index (Phi) is 6.37. The third-order valence-electron chi connectivity index (χ3n) is 5.20. The van der Waals surface area contributed by atoms with Gasteiger partial charge in [-0.25, -0.2) is 0 Å². The van der Waals surface area contributed by atoms with Gasteiger partial charge < -0.3 is 0 Å². The minimum absolute atomic E-state index is 0.721. The SMILES string of the molecule is C=CCC[C@H]1CC[C@H](c2ccc(C#Cc3ccc(Cl)cc3)cc2)CC1. The van der Waals surface area contributed by atoms with Crippen molar-refractivity contribution >= 4 is 11.6 Å². The van der Waals surface area contributed by atoms with E-state index >= 15 is 0 Å². The Morgan fingerprint density at radius 3 is 2.00 bits per heavy atom. The van der Waals surface area contributed by atoms with E-state index in [-0.39, 0.29) is 0 Å². The Morgan fingerprint density at radius 2 is 1.44 bits per heavy atom. The summed E-state index contributed by atoms with van der Waals surface area (Å²) in [6, 6.07) is 16.5. The number of hydrogen-bond acceptors (Lipinski definition) is 0. The molecule has 1 heteroatoms. The van der Waals surface area contributed by atoms with E-state index in [1.54, 1.807) is 0 Å². The predicted octanol–water partition coefficient (Wildman–Crippen LogP) is 6.98. The third-order valence-corrected chi connectivity index (χ3v) is 5.46. The van der Waals surface area contributed by atoms with Crippen LogP contribution in [0, 0.1) is 17.8 Å². The van der Waals surface area contributed by atoms with Gasteiger partial charge >= 0.3 is 0 Å². The summed E-state index contributed by atoms with van der Waals surface area (Å²) in [5, 5.41) is 0.745. The Labute approximate surface area is 156 Å². The van der Waals surface area contributed by atoms with Gasteiger partial charge in [-0.15, -0.1) is 6.58 Å². The summed E-state index contributed by atoms with van der Waals surface area (Å²) in [6.07, 6.45) is 9.88. The zero-order valence-electron chi connectivity index (χ0n) is 14.7. The van der Waals surface area contributed by atoms with Crippen LogP contribution in [0.3, 0.4) is 0 Å². The lowest BCUT2D eigenvalue weighted by Crippen LogP contribution is -2.13. The molecule has 2 aromatic carbocycles. The van der Waals surface area contributed by atoms with E-state index in [0.29, 0.717) is 0 Å². The van der Waals surface area contributed by atoms with E-state index < -0.39 is 0 Å². The highest BCUT2D eigenvalue weighted by Gasteiger charge is 2.21. The molecule has 128 valence electrons. The first-order chi connectivity index (χ1) is 12.2. The Bertz CT molecular complexity index is 735. The fourth-order valence-corrected chi connectivity index (χ4v) is 3.78. The number of rotatable bonds is 4. The van der Waals surface area contributed by atoms with Crippen molar-refractivity contribution in [3.8, 4) is 11.8 Å². The number of allylic oxidation sites excluding steroid dienone is 1. The topological polar surface area (TPSA) is 0 Å². The molecule has 0 N–H and O–H groups in total. The van der Waals surface area contributed by atoms with Gasteiger partial charge in [0, 0.05) is 16.1 Å². The Balaban J connectivity index is 1.58. The van der Waals surface area contributed by atoms with Crippen molar-refractivity contribution in [3.05, 3.63) is 82.9 Å². The maximum absolute atomic E-state index is 5.90. The van der Waals surface area contributed by atoms with Crippen molar-refractivity contribution in [2.45, 2.75) is 44.4 Å². The van der Waals surface area contributed by atoms with Crippen LogP contribution in [0.4, 0.5) is 0 Å². The molecular formula is C24H25Cl. The van der Waals surface area contributed by atoms with Crippen molar-refractivity contribution in [3.63, 3.8) is 0 Å². The van der Waals surface area contributed by atoms with E-state index in [1.165, 1.54) is 37.7 Å². The number of hydrogen-bond donors (Lipinski definition) is 0. The highest BCUT2D eigenvalue weighted by molar-refractivity contribution is 6.30. The highest BCUT2D eigenvalue weighted by Crippen LogP contribution is 2.37.